The molecule has 2 unspecified atom stereocenters. The minimum absolute atomic E-state index is 0. The van der Waals surface area contributed by atoms with Crippen molar-refractivity contribution in [3.8, 4) is 0 Å². The lowest BCUT2D eigenvalue weighted by molar-refractivity contribution is -0.139. The Bertz CT molecular complexity index is 291. The number of piperazine rings is 1. The summed E-state index contributed by atoms with van der Waals surface area (Å²) in [6.07, 6.45) is 4.58. The second kappa shape index (κ2) is 8.30. The van der Waals surface area contributed by atoms with Crippen molar-refractivity contribution in [3.05, 3.63) is 0 Å². The third-order valence-corrected chi connectivity index (χ3v) is 4.23. The first-order valence-electron chi connectivity index (χ1n) is 6.93. The Labute approximate surface area is 128 Å². The van der Waals surface area contributed by atoms with E-state index in [2.05, 4.69) is 11.8 Å². The standard InChI is InChI=1S/C13H25N3O.2ClH/c1-3-12(14)13(17)16-9-11-6-4-5-7-15(11)8-10(16)2;;/h10-12H,3-9,14H2,1-2H3;2*1H/t10?,11?,12-;;/m0../s1. The highest BCUT2D eigenvalue weighted by Gasteiger charge is 2.36. The number of piperidine rings is 1. The Balaban J connectivity index is 0.00000162. The van der Waals surface area contributed by atoms with E-state index in [0.29, 0.717) is 12.1 Å². The molecule has 0 aliphatic carbocycles. The van der Waals surface area contributed by atoms with E-state index in [-0.39, 0.29) is 36.8 Å². The van der Waals surface area contributed by atoms with Crippen LogP contribution in [-0.2, 0) is 4.79 Å². The van der Waals surface area contributed by atoms with Crippen LogP contribution in [0.1, 0.15) is 39.5 Å². The summed E-state index contributed by atoms with van der Waals surface area (Å²) < 4.78 is 0. The first-order chi connectivity index (χ1) is 8.13. The molecule has 2 fully saturated rings. The van der Waals surface area contributed by atoms with E-state index in [9.17, 15) is 4.79 Å². The summed E-state index contributed by atoms with van der Waals surface area (Å²) in [6, 6.07) is 0.579. The molecule has 0 aromatic heterocycles. The SMILES string of the molecule is CC[C@H](N)C(=O)N1CC2CCCCN2CC1C.Cl.Cl. The quantitative estimate of drug-likeness (QED) is 0.843. The molecule has 0 radical (unpaired) electrons. The van der Waals surface area contributed by atoms with Gasteiger partial charge in [-0.2, -0.15) is 0 Å². The summed E-state index contributed by atoms with van der Waals surface area (Å²) in [7, 11) is 0. The van der Waals surface area contributed by atoms with Crippen molar-refractivity contribution < 1.29 is 4.79 Å². The third-order valence-electron chi connectivity index (χ3n) is 4.23. The predicted molar refractivity (Wildman–Crippen MR) is 83.1 cm³/mol. The van der Waals surface area contributed by atoms with E-state index >= 15 is 0 Å². The zero-order valence-electron chi connectivity index (χ0n) is 11.9. The van der Waals surface area contributed by atoms with E-state index in [1.807, 2.05) is 11.8 Å². The third kappa shape index (κ3) is 4.22. The van der Waals surface area contributed by atoms with Crippen LogP contribution in [0.5, 0.6) is 0 Å². The summed E-state index contributed by atoms with van der Waals surface area (Å²) in [6.45, 7) is 7.23. The van der Waals surface area contributed by atoms with E-state index in [1.54, 1.807) is 0 Å². The minimum Gasteiger partial charge on any atom is -0.336 e. The van der Waals surface area contributed by atoms with Gasteiger partial charge in [-0.15, -0.1) is 24.8 Å². The smallest absolute Gasteiger partial charge is 0.239 e. The molecule has 0 aromatic rings. The molecule has 2 heterocycles. The zero-order chi connectivity index (χ0) is 12.4. The number of halogens is 2. The van der Waals surface area contributed by atoms with Crippen LogP contribution in [0, 0.1) is 0 Å². The summed E-state index contributed by atoms with van der Waals surface area (Å²) in [5.74, 6) is 0.144. The number of rotatable bonds is 2. The molecular formula is C13H27Cl2N3O. The van der Waals surface area contributed by atoms with Gasteiger partial charge in [0.15, 0.2) is 0 Å². The van der Waals surface area contributed by atoms with E-state index < -0.39 is 0 Å². The van der Waals surface area contributed by atoms with Crippen molar-refractivity contribution in [2.75, 3.05) is 19.6 Å². The average molecular weight is 312 g/mol. The Morgan fingerprint density at radius 3 is 2.63 bits per heavy atom. The summed E-state index contributed by atoms with van der Waals surface area (Å²) in [5.41, 5.74) is 5.87. The van der Waals surface area contributed by atoms with Crippen molar-refractivity contribution in [2.45, 2.75) is 57.7 Å². The van der Waals surface area contributed by atoms with Crippen LogP contribution >= 0.6 is 24.8 Å². The van der Waals surface area contributed by atoms with Gasteiger partial charge in [0.1, 0.15) is 0 Å². The number of carbonyl (C=O) groups is 1. The van der Waals surface area contributed by atoms with E-state index in [1.165, 1.54) is 25.8 Å². The number of nitrogens with two attached hydrogens (primary N) is 1. The number of amides is 1. The molecule has 114 valence electrons. The molecule has 4 nitrogen and oxygen atoms in total. The lowest BCUT2D eigenvalue weighted by atomic mass is 9.96. The molecule has 0 spiro atoms. The molecule has 1 amide bonds. The maximum atomic E-state index is 12.2. The van der Waals surface area contributed by atoms with Crippen molar-refractivity contribution >= 4 is 30.7 Å². The van der Waals surface area contributed by atoms with Crippen molar-refractivity contribution in [2.24, 2.45) is 5.73 Å². The molecule has 0 bridgehead atoms. The normalized spacial score (nSPS) is 28.7. The predicted octanol–water partition coefficient (Wildman–Crippen LogP) is 1.65. The van der Waals surface area contributed by atoms with E-state index in [0.717, 1.165) is 19.5 Å². The molecule has 2 aliphatic heterocycles. The minimum atomic E-state index is -0.312. The zero-order valence-corrected chi connectivity index (χ0v) is 13.5. The molecule has 3 atom stereocenters. The second-order valence-electron chi connectivity index (χ2n) is 5.50. The average Bonchev–Trinajstić information content (AvgIpc) is 2.36. The number of hydrogen-bond donors (Lipinski definition) is 1. The molecule has 19 heavy (non-hydrogen) atoms. The maximum Gasteiger partial charge on any atom is 0.239 e. The van der Waals surface area contributed by atoms with Crippen LogP contribution in [0.3, 0.4) is 0 Å². The number of hydrogen-bond acceptors (Lipinski definition) is 3. The number of carbonyl (C=O) groups excluding carboxylic acids is 1. The van der Waals surface area contributed by atoms with Crippen LogP contribution in [0.4, 0.5) is 0 Å². The van der Waals surface area contributed by atoms with Gasteiger partial charge in [-0.3, -0.25) is 9.69 Å². The highest BCUT2D eigenvalue weighted by Crippen LogP contribution is 2.24. The maximum absolute atomic E-state index is 12.2. The molecule has 2 N–H and O–H groups in total. The fraction of sp³-hybridized carbons (Fsp3) is 0.923. The van der Waals surface area contributed by atoms with Crippen LogP contribution in [0.15, 0.2) is 0 Å². The van der Waals surface area contributed by atoms with Crippen LogP contribution in [0.2, 0.25) is 0 Å². The summed E-state index contributed by atoms with van der Waals surface area (Å²) >= 11 is 0. The lowest BCUT2D eigenvalue weighted by Crippen LogP contribution is -2.62. The van der Waals surface area contributed by atoms with Crippen molar-refractivity contribution in [1.82, 2.24) is 9.80 Å². The molecular weight excluding hydrogens is 285 g/mol. The van der Waals surface area contributed by atoms with Gasteiger partial charge in [0.2, 0.25) is 5.91 Å². The van der Waals surface area contributed by atoms with Gasteiger partial charge >= 0.3 is 0 Å². The fourth-order valence-corrected chi connectivity index (χ4v) is 3.05. The topological polar surface area (TPSA) is 49.6 Å². The number of nitrogens with zero attached hydrogens (tertiary/aromatic N) is 2. The molecule has 2 rings (SSSR count). The highest BCUT2D eigenvalue weighted by molar-refractivity contribution is 5.85. The lowest BCUT2D eigenvalue weighted by Gasteiger charge is -2.48. The monoisotopic (exact) mass is 311 g/mol. The van der Waals surface area contributed by atoms with Crippen molar-refractivity contribution in [1.29, 1.82) is 0 Å². The Morgan fingerprint density at radius 2 is 2.00 bits per heavy atom. The van der Waals surface area contributed by atoms with Gasteiger partial charge < -0.3 is 10.6 Å². The van der Waals surface area contributed by atoms with Gasteiger partial charge in [-0.25, -0.2) is 0 Å². The molecule has 2 aliphatic rings. The van der Waals surface area contributed by atoms with E-state index in [4.69, 9.17) is 5.73 Å². The molecule has 0 saturated carbocycles. The molecule has 0 aromatic carbocycles. The summed E-state index contributed by atoms with van der Waals surface area (Å²) in [5, 5.41) is 0. The van der Waals surface area contributed by atoms with Gasteiger partial charge in [-0.05, 0) is 32.7 Å². The fourth-order valence-electron chi connectivity index (χ4n) is 3.05. The first-order valence-corrected chi connectivity index (χ1v) is 6.93. The van der Waals surface area contributed by atoms with Crippen molar-refractivity contribution in [3.63, 3.8) is 0 Å². The van der Waals surface area contributed by atoms with Gasteiger partial charge in [0.05, 0.1) is 6.04 Å². The van der Waals surface area contributed by atoms with Gasteiger partial charge in [0.25, 0.3) is 0 Å². The van der Waals surface area contributed by atoms with Crippen LogP contribution in [-0.4, -0.2) is 53.5 Å². The van der Waals surface area contributed by atoms with Gasteiger partial charge in [0, 0.05) is 25.2 Å². The highest BCUT2D eigenvalue weighted by atomic mass is 35.5. The Hall–Kier alpha value is -0.0300. The first kappa shape index (κ1) is 19.0. The Kier molecular flexibility index (Phi) is 8.29. The Morgan fingerprint density at radius 1 is 1.32 bits per heavy atom. The molecule has 6 heteroatoms. The molecule has 2 saturated heterocycles. The van der Waals surface area contributed by atoms with Crippen LogP contribution in [0.25, 0.3) is 0 Å². The number of fused-ring (bicyclic) bond motifs is 1. The largest absolute Gasteiger partial charge is 0.336 e. The van der Waals surface area contributed by atoms with Gasteiger partial charge in [-0.1, -0.05) is 13.3 Å². The van der Waals surface area contributed by atoms with Crippen LogP contribution < -0.4 is 5.73 Å². The second-order valence-corrected chi connectivity index (χ2v) is 5.50. The summed E-state index contributed by atoms with van der Waals surface area (Å²) in [4.78, 5) is 16.8.